The van der Waals surface area contributed by atoms with E-state index in [9.17, 15) is 4.79 Å². The van der Waals surface area contributed by atoms with Crippen molar-refractivity contribution in [2.75, 3.05) is 6.61 Å². The molecule has 1 aromatic rings. The molecule has 0 unspecified atom stereocenters. The zero-order valence-corrected chi connectivity index (χ0v) is 12.7. The fourth-order valence-electron chi connectivity index (χ4n) is 1.86. The molecule has 1 rings (SSSR count). The Bertz CT molecular complexity index is 465. The third kappa shape index (κ3) is 4.14. The number of hydrogen-bond acceptors (Lipinski definition) is 4. The Hall–Kier alpha value is -1.20. The third-order valence-corrected chi connectivity index (χ3v) is 4.14. The number of hydrogen-bond donors (Lipinski definition) is 1. The van der Waals surface area contributed by atoms with Crippen LogP contribution >= 0.6 is 11.3 Å². The largest absolute Gasteiger partial charge is 0.477 e. The first-order valence-corrected chi connectivity index (χ1v) is 7.32. The predicted molar refractivity (Wildman–Crippen MR) is 77.8 cm³/mol. The van der Waals surface area contributed by atoms with Gasteiger partial charge in [0.15, 0.2) is 0 Å². The van der Waals surface area contributed by atoms with Crippen LogP contribution in [0.3, 0.4) is 0 Å². The molecule has 0 aliphatic rings. The molecule has 1 aromatic heterocycles. The van der Waals surface area contributed by atoms with Gasteiger partial charge in [0.05, 0.1) is 11.8 Å². The van der Waals surface area contributed by atoms with Crippen LogP contribution in [0.5, 0.6) is 0 Å². The van der Waals surface area contributed by atoms with Crippen LogP contribution in [0.2, 0.25) is 0 Å². The second kappa shape index (κ2) is 7.40. The Labute approximate surface area is 118 Å². The molecular weight excluding hydrogens is 262 g/mol. The van der Waals surface area contributed by atoms with E-state index in [1.165, 1.54) is 11.3 Å². The maximum Gasteiger partial charge on any atom is 0.347 e. The lowest BCUT2D eigenvalue weighted by Gasteiger charge is -2.15. The van der Waals surface area contributed by atoms with Crippen molar-refractivity contribution < 1.29 is 14.6 Å². The number of aromatic carboxylic acids is 1. The number of carboxylic acids is 1. The highest BCUT2D eigenvalue weighted by atomic mass is 32.1. The molecule has 4 nitrogen and oxygen atoms in total. The summed E-state index contributed by atoms with van der Waals surface area (Å²) >= 11 is 1.24. The molecule has 19 heavy (non-hydrogen) atoms. The molecule has 0 amide bonds. The van der Waals surface area contributed by atoms with Gasteiger partial charge in [-0.15, -0.1) is 11.3 Å². The van der Waals surface area contributed by atoms with Gasteiger partial charge in [-0.05, 0) is 32.8 Å². The summed E-state index contributed by atoms with van der Waals surface area (Å²) in [5.41, 5.74) is 1.64. The van der Waals surface area contributed by atoms with E-state index in [1.54, 1.807) is 6.92 Å². The van der Waals surface area contributed by atoms with Crippen molar-refractivity contribution >= 4 is 22.9 Å². The molecule has 0 saturated carbocycles. The predicted octanol–water partition coefficient (Wildman–Crippen LogP) is 3.76. The van der Waals surface area contributed by atoms with Crippen molar-refractivity contribution in [1.82, 2.24) is 4.98 Å². The monoisotopic (exact) mass is 283 g/mol. The Kier molecular flexibility index (Phi) is 6.18. The van der Waals surface area contributed by atoms with Crippen molar-refractivity contribution in [2.45, 2.75) is 46.6 Å². The summed E-state index contributed by atoms with van der Waals surface area (Å²) in [4.78, 5) is 15.7. The lowest BCUT2D eigenvalue weighted by molar-refractivity contribution is 0.0641. The van der Waals surface area contributed by atoms with E-state index in [0.717, 1.165) is 23.4 Å². The highest BCUT2D eigenvalue weighted by Gasteiger charge is 2.18. The summed E-state index contributed by atoms with van der Waals surface area (Å²) in [6.07, 6.45) is 3.86. The summed E-state index contributed by atoms with van der Waals surface area (Å²) in [5, 5.41) is 9.86. The van der Waals surface area contributed by atoms with Gasteiger partial charge in [0.25, 0.3) is 0 Å². The quantitative estimate of drug-likeness (QED) is 0.827. The molecule has 0 aromatic carbocycles. The number of aromatic nitrogens is 1. The first-order valence-electron chi connectivity index (χ1n) is 6.51. The Morgan fingerprint density at radius 2 is 2.21 bits per heavy atom. The summed E-state index contributed by atoms with van der Waals surface area (Å²) in [5.74, 6) is -0.909. The van der Waals surface area contributed by atoms with Crippen LogP contribution in [-0.4, -0.2) is 28.8 Å². The van der Waals surface area contributed by atoms with Crippen LogP contribution in [0.25, 0.3) is 5.57 Å². The van der Waals surface area contributed by atoms with E-state index in [-0.39, 0.29) is 6.10 Å². The first kappa shape index (κ1) is 15.9. The lowest BCUT2D eigenvalue weighted by atomic mass is 10.1. The molecule has 0 bridgehead atoms. The highest BCUT2D eigenvalue weighted by molar-refractivity contribution is 7.14. The fraction of sp³-hybridized carbons (Fsp3) is 0.571. The van der Waals surface area contributed by atoms with E-state index in [4.69, 9.17) is 9.84 Å². The van der Waals surface area contributed by atoms with Crippen molar-refractivity contribution in [3.8, 4) is 0 Å². The van der Waals surface area contributed by atoms with Gasteiger partial charge in [-0.1, -0.05) is 13.0 Å². The van der Waals surface area contributed by atoms with Gasteiger partial charge >= 0.3 is 5.97 Å². The van der Waals surface area contributed by atoms with E-state index in [1.807, 2.05) is 19.9 Å². The average molecular weight is 283 g/mol. The van der Waals surface area contributed by atoms with Gasteiger partial charge in [0, 0.05) is 13.0 Å². The number of allylic oxidation sites excluding steroid dienone is 1. The maximum absolute atomic E-state index is 11.1. The standard InChI is InChI=1S/C14H21NO3S/c1-5-10(8-11(6-2)18-7-3)13-15-9(4)12(19-13)14(16)17/h5,11H,6-8H2,1-4H3,(H,16,17)/b10-5+/t11-/m1/s1. The van der Waals surface area contributed by atoms with E-state index in [2.05, 4.69) is 11.9 Å². The van der Waals surface area contributed by atoms with Gasteiger partial charge in [0.2, 0.25) is 0 Å². The van der Waals surface area contributed by atoms with Gasteiger partial charge in [-0.3, -0.25) is 0 Å². The molecule has 0 aliphatic heterocycles. The molecule has 1 N–H and O–H groups in total. The van der Waals surface area contributed by atoms with Crippen LogP contribution in [0.1, 0.15) is 54.0 Å². The minimum Gasteiger partial charge on any atom is -0.477 e. The Morgan fingerprint density at radius 1 is 1.53 bits per heavy atom. The summed E-state index contributed by atoms with van der Waals surface area (Å²) in [6.45, 7) is 8.44. The molecule has 106 valence electrons. The molecule has 0 aliphatic carbocycles. The van der Waals surface area contributed by atoms with Crippen LogP contribution in [-0.2, 0) is 4.74 Å². The van der Waals surface area contributed by atoms with Crippen LogP contribution in [0, 0.1) is 6.92 Å². The molecule has 5 heteroatoms. The van der Waals surface area contributed by atoms with Crippen LogP contribution in [0.15, 0.2) is 6.08 Å². The number of ether oxygens (including phenoxy) is 1. The molecule has 0 spiro atoms. The number of aryl methyl sites for hydroxylation is 1. The normalized spacial score (nSPS) is 13.6. The third-order valence-electron chi connectivity index (χ3n) is 2.92. The lowest BCUT2D eigenvalue weighted by Crippen LogP contribution is -2.12. The smallest absolute Gasteiger partial charge is 0.347 e. The van der Waals surface area contributed by atoms with Crippen LogP contribution in [0.4, 0.5) is 0 Å². The minimum absolute atomic E-state index is 0.161. The molecule has 0 radical (unpaired) electrons. The topological polar surface area (TPSA) is 59.4 Å². The zero-order chi connectivity index (χ0) is 14.4. The van der Waals surface area contributed by atoms with E-state index >= 15 is 0 Å². The van der Waals surface area contributed by atoms with Gasteiger partial charge in [0.1, 0.15) is 9.88 Å². The SMILES string of the molecule is C/C=C(\C[C@@H](CC)OCC)c1nc(C)c(C(=O)O)s1. The molecular formula is C14H21NO3S. The maximum atomic E-state index is 11.1. The number of thiazole rings is 1. The molecule has 0 fully saturated rings. The molecule has 0 saturated heterocycles. The number of nitrogens with zero attached hydrogens (tertiary/aromatic N) is 1. The van der Waals surface area contributed by atoms with Gasteiger partial charge in [-0.25, -0.2) is 9.78 Å². The molecule has 1 atom stereocenters. The Morgan fingerprint density at radius 3 is 2.63 bits per heavy atom. The fourth-order valence-corrected chi connectivity index (χ4v) is 2.85. The van der Waals surface area contributed by atoms with Crippen molar-refractivity contribution in [2.24, 2.45) is 0 Å². The minimum atomic E-state index is -0.909. The van der Waals surface area contributed by atoms with Gasteiger partial charge < -0.3 is 9.84 Å². The van der Waals surface area contributed by atoms with E-state index < -0.39 is 5.97 Å². The van der Waals surface area contributed by atoms with Crippen LogP contribution < -0.4 is 0 Å². The van der Waals surface area contributed by atoms with Gasteiger partial charge in [-0.2, -0.15) is 0 Å². The number of rotatable bonds is 7. The van der Waals surface area contributed by atoms with E-state index in [0.29, 0.717) is 17.2 Å². The van der Waals surface area contributed by atoms with Crippen molar-refractivity contribution in [3.05, 3.63) is 21.7 Å². The summed E-state index contributed by atoms with van der Waals surface area (Å²) in [6, 6.07) is 0. The average Bonchev–Trinajstić information content (AvgIpc) is 2.76. The molecule has 1 heterocycles. The van der Waals surface area contributed by atoms with Crippen molar-refractivity contribution in [3.63, 3.8) is 0 Å². The zero-order valence-electron chi connectivity index (χ0n) is 11.9. The number of carbonyl (C=O) groups is 1. The number of carboxylic acid groups (broad SMARTS) is 1. The highest BCUT2D eigenvalue weighted by Crippen LogP contribution is 2.28. The Balaban J connectivity index is 2.92. The summed E-state index contributed by atoms with van der Waals surface area (Å²) in [7, 11) is 0. The first-order chi connectivity index (χ1) is 9.03. The summed E-state index contributed by atoms with van der Waals surface area (Å²) < 4.78 is 5.65. The van der Waals surface area contributed by atoms with Crippen molar-refractivity contribution in [1.29, 1.82) is 0 Å². The second-order valence-corrected chi connectivity index (χ2v) is 5.24. The second-order valence-electron chi connectivity index (χ2n) is 4.24.